The lowest BCUT2D eigenvalue weighted by Crippen LogP contribution is -2.31. The number of aryl methyl sites for hydroxylation is 1. The lowest BCUT2D eigenvalue weighted by atomic mass is 9.76. The first-order valence-corrected chi connectivity index (χ1v) is 12.6. The molecule has 1 saturated carbocycles. The minimum atomic E-state index is -0.402. The summed E-state index contributed by atoms with van der Waals surface area (Å²) in [5, 5.41) is 0. The Labute approximate surface area is 193 Å². The number of hydrogen-bond acceptors (Lipinski definition) is 4. The van der Waals surface area contributed by atoms with Gasteiger partial charge in [0.25, 0.3) is 0 Å². The average Bonchev–Trinajstić information content (AvgIpc) is 2.80. The van der Waals surface area contributed by atoms with Gasteiger partial charge in [-0.15, -0.1) is 0 Å². The first kappa shape index (κ1) is 24.3. The number of ketones is 2. The van der Waals surface area contributed by atoms with Crippen molar-refractivity contribution in [2.45, 2.75) is 90.9 Å². The second kappa shape index (κ2) is 12.6. The van der Waals surface area contributed by atoms with E-state index in [1.165, 1.54) is 37.7 Å². The Morgan fingerprint density at radius 2 is 1.62 bits per heavy atom. The fourth-order valence-electron chi connectivity index (χ4n) is 4.75. The monoisotopic (exact) mass is 434 g/mol. The predicted octanol–water partition coefficient (Wildman–Crippen LogP) is 6.55. The molecule has 4 nitrogen and oxygen atoms in total. The highest BCUT2D eigenvalue weighted by Crippen LogP contribution is 2.30. The number of carbonyl (C=O) groups is 2. The molecule has 1 aromatic carbocycles. The van der Waals surface area contributed by atoms with E-state index < -0.39 is 5.92 Å². The van der Waals surface area contributed by atoms with Crippen LogP contribution >= 0.6 is 0 Å². The molecule has 0 aliphatic heterocycles. The van der Waals surface area contributed by atoms with E-state index in [2.05, 4.69) is 23.8 Å². The van der Waals surface area contributed by atoms with Gasteiger partial charge in [-0.05, 0) is 42.7 Å². The minimum absolute atomic E-state index is 0.0669. The molecular weight excluding hydrogens is 396 g/mol. The maximum absolute atomic E-state index is 12.7. The molecule has 3 rings (SSSR count). The van der Waals surface area contributed by atoms with E-state index in [0.717, 1.165) is 43.2 Å². The fourth-order valence-corrected chi connectivity index (χ4v) is 4.75. The third kappa shape index (κ3) is 7.08. The molecule has 0 radical (unpaired) electrons. The molecule has 32 heavy (non-hydrogen) atoms. The SMILES string of the molecule is CCCCCCCc1cnc(-c2ccc(CC(=O)C3CCC(CCC)CC3=O)cc2)nc1. The molecule has 0 bridgehead atoms. The molecule has 1 aromatic heterocycles. The van der Waals surface area contributed by atoms with E-state index in [9.17, 15) is 9.59 Å². The van der Waals surface area contributed by atoms with Crippen LogP contribution in [-0.4, -0.2) is 21.5 Å². The van der Waals surface area contributed by atoms with E-state index in [0.29, 0.717) is 24.6 Å². The van der Waals surface area contributed by atoms with E-state index in [1.807, 2.05) is 36.7 Å². The van der Waals surface area contributed by atoms with Gasteiger partial charge in [-0.25, -0.2) is 9.97 Å². The Morgan fingerprint density at radius 3 is 2.28 bits per heavy atom. The number of aromatic nitrogens is 2. The van der Waals surface area contributed by atoms with Crippen LogP contribution in [0.5, 0.6) is 0 Å². The summed E-state index contributed by atoms with van der Waals surface area (Å²) in [7, 11) is 0. The van der Waals surface area contributed by atoms with Crippen molar-refractivity contribution in [2.75, 3.05) is 0 Å². The number of carbonyl (C=O) groups excluding carboxylic acids is 2. The van der Waals surface area contributed by atoms with Gasteiger partial charge in [0.2, 0.25) is 0 Å². The van der Waals surface area contributed by atoms with Crippen molar-refractivity contribution in [3.05, 3.63) is 47.8 Å². The molecule has 1 fully saturated rings. The number of Topliss-reactive ketones (excluding diaryl/α,β-unsaturated/α-hetero) is 2. The fraction of sp³-hybridized carbons (Fsp3) is 0.571. The molecule has 4 heteroatoms. The topological polar surface area (TPSA) is 59.9 Å². The van der Waals surface area contributed by atoms with Gasteiger partial charge in [-0.1, -0.05) is 76.6 Å². The molecular formula is C28H38N2O2. The largest absolute Gasteiger partial charge is 0.299 e. The Bertz CT molecular complexity index is 858. The zero-order valence-corrected chi connectivity index (χ0v) is 19.8. The first-order chi connectivity index (χ1) is 15.6. The summed E-state index contributed by atoms with van der Waals surface area (Å²) < 4.78 is 0. The van der Waals surface area contributed by atoms with E-state index in [4.69, 9.17) is 0 Å². The number of nitrogens with zero attached hydrogens (tertiary/aromatic N) is 2. The second-order valence-corrected chi connectivity index (χ2v) is 9.37. The lowest BCUT2D eigenvalue weighted by Gasteiger charge is -2.26. The van der Waals surface area contributed by atoms with Crippen molar-refractivity contribution in [3.63, 3.8) is 0 Å². The Balaban J connectivity index is 1.50. The zero-order valence-electron chi connectivity index (χ0n) is 19.8. The van der Waals surface area contributed by atoms with Crippen LogP contribution in [0, 0.1) is 11.8 Å². The van der Waals surface area contributed by atoms with Crippen molar-refractivity contribution in [2.24, 2.45) is 11.8 Å². The van der Waals surface area contributed by atoms with E-state index >= 15 is 0 Å². The van der Waals surface area contributed by atoms with E-state index in [1.54, 1.807) is 0 Å². The Morgan fingerprint density at radius 1 is 0.906 bits per heavy atom. The van der Waals surface area contributed by atoms with Gasteiger partial charge in [0, 0.05) is 30.8 Å². The summed E-state index contributed by atoms with van der Waals surface area (Å²) in [5.41, 5.74) is 3.09. The summed E-state index contributed by atoms with van der Waals surface area (Å²) in [4.78, 5) is 34.3. The maximum atomic E-state index is 12.7. The summed E-state index contributed by atoms with van der Waals surface area (Å²) in [6.45, 7) is 4.39. The van der Waals surface area contributed by atoms with Gasteiger partial charge in [-0.3, -0.25) is 9.59 Å². The standard InChI is InChI=1S/C28H38N2O2/c1-3-5-6-7-8-10-23-19-29-28(30-20-23)24-14-11-22(12-15-24)18-27(32)25-16-13-21(9-4-2)17-26(25)31/h11-12,14-15,19-21,25H,3-10,13,16-18H2,1-2H3. The highest BCUT2D eigenvalue weighted by molar-refractivity contribution is 6.03. The maximum Gasteiger partial charge on any atom is 0.159 e. The van der Waals surface area contributed by atoms with Crippen LogP contribution in [0.1, 0.15) is 89.2 Å². The molecule has 2 unspecified atom stereocenters. The normalized spacial score (nSPS) is 18.6. The molecule has 2 atom stereocenters. The molecule has 0 spiro atoms. The van der Waals surface area contributed by atoms with Crippen molar-refractivity contribution >= 4 is 11.6 Å². The molecule has 0 saturated heterocycles. The Hall–Kier alpha value is -2.36. The molecule has 1 heterocycles. The average molecular weight is 435 g/mol. The van der Waals surface area contributed by atoms with Crippen molar-refractivity contribution < 1.29 is 9.59 Å². The summed E-state index contributed by atoms with van der Waals surface area (Å²) in [6.07, 6.45) is 16.1. The molecule has 172 valence electrons. The van der Waals surface area contributed by atoms with Crippen molar-refractivity contribution in [1.29, 1.82) is 0 Å². The quantitative estimate of drug-likeness (QED) is 0.280. The lowest BCUT2D eigenvalue weighted by molar-refractivity contribution is -0.135. The van der Waals surface area contributed by atoms with E-state index in [-0.39, 0.29) is 11.6 Å². The molecule has 1 aliphatic rings. The van der Waals surface area contributed by atoms with Crippen LogP contribution < -0.4 is 0 Å². The number of unbranched alkanes of at least 4 members (excludes halogenated alkanes) is 4. The molecule has 1 aliphatic carbocycles. The van der Waals surface area contributed by atoms with Crippen LogP contribution in [0.2, 0.25) is 0 Å². The van der Waals surface area contributed by atoms with Crippen LogP contribution in [-0.2, 0) is 22.4 Å². The summed E-state index contributed by atoms with van der Waals surface area (Å²) in [5.74, 6) is 0.998. The van der Waals surface area contributed by atoms with Crippen LogP contribution in [0.15, 0.2) is 36.7 Å². The number of hydrogen-bond donors (Lipinski definition) is 0. The van der Waals surface area contributed by atoms with Gasteiger partial charge in [-0.2, -0.15) is 0 Å². The summed E-state index contributed by atoms with van der Waals surface area (Å²) >= 11 is 0. The number of rotatable bonds is 12. The van der Waals surface area contributed by atoms with Crippen molar-refractivity contribution in [3.8, 4) is 11.4 Å². The van der Waals surface area contributed by atoms with Gasteiger partial charge >= 0.3 is 0 Å². The Kier molecular flexibility index (Phi) is 9.58. The van der Waals surface area contributed by atoms with Gasteiger partial charge in [0.05, 0.1) is 5.92 Å². The van der Waals surface area contributed by atoms with Crippen LogP contribution in [0.25, 0.3) is 11.4 Å². The predicted molar refractivity (Wildman–Crippen MR) is 129 cm³/mol. The second-order valence-electron chi connectivity index (χ2n) is 9.37. The van der Waals surface area contributed by atoms with Crippen LogP contribution in [0.4, 0.5) is 0 Å². The summed E-state index contributed by atoms with van der Waals surface area (Å²) in [6, 6.07) is 7.88. The number of benzene rings is 1. The van der Waals surface area contributed by atoms with Gasteiger partial charge in [0.1, 0.15) is 11.6 Å². The molecule has 0 N–H and O–H groups in total. The minimum Gasteiger partial charge on any atom is -0.299 e. The zero-order chi connectivity index (χ0) is 22.8. The van der Waals surface area contributed by atoms with Gasteiger partial charge in [0.15, 0.2) is 5.82 Å². The third-order valence-electron chi connectivity index (χ3n) is 6.69. The van der Waals surface area contributed by atoms with Gasteiger partial charge < -0.3 is 0 Å². The van der Waals surface area contributed by atoms with Crippen molar-refractivity contribution in [1.82, 2.24) is 9.97 Å². The third-order valence-corrected chi connectivity index (χ3v) is 6.69. The smallest absolute Gasteiger partial charge is 0.159 e. The highest BCUT2D eigenvalue weighted by atomic mass is 16.1. The first-order valence-electron chi connectivity index (χ1n) is 12.6. The highest BCUT2D eigenvalue weighted by Gasteiger charge is 2.32. The molecule has 2 aromatic rings. The molecule has 0 amide bonds. The van der Waals surface area contributed by atoms with Crippen LogP contribution in [0.3, 0.4) is 0 Å².